The fourth-order valence-corrected chi connectivity index (χ4v) is 3.08. The van der Waals surface area contributed by atoms with Crippen LogP contribution in [0.15, 0.2) is 48.5 Å². The second-order valence-electron chi connectivity index (χ2n) is 6.53. The maximum atomic E-state index is 12.3. The zero-order valence-electron chi connectivity index (χ0n) is 13.9. The highest BCUT2D eigenvalue weighted by molar-refractivity contribution is 6.31. The van der Waals surface area contributed by atoms with E-state index in [-0.39, 0.29) is 11.4 Å². The summed E-state index contributed by atoms with van der Waals surface area (Å²) in [5.41, 5.74) is 2.39. The highest BCUT2D eigenvalue weighted by Gasteiger charge is 2.30. The Morgan fingerprint density at radius 1 is 1.21 bits per heavy atom. The number of hydrogen-bond donors (Lipinski definition) is 1. The van der Waals surface area contributed by atoms with Crippen LogP contribution in [-0.4, -0.2) is 31.2 Å². The summed E-state index contributed by atoms with van der Waals surface area (Å²) in [7, 11) is 0. The van der Waals surface area contributed by atoms with Crippen molar-refractivity contribution in [3.8, 4) is 0 Å². The quantitative estimate of drug-likeness (QED) is 0.907. The highest BCUT2D eigenvalue weighted by Crippen LogP contribution is 2.28. The summed E-state index contributed by atoms with van der Waals surface area (Å²) in [6.45, 7) is 6.64. The summed E-state index contributed by atoms with van der Waals surface area (Å²) < 4.78 is 5.56. The first-order chi connectivity index (χ1) is 11.5. The molecular formula is C19H21ClN2O2. The van der Waals surface area contributed by atoms with E-state index in [9.17, 15) is 4.79 Å². The maximum Gasteiger partial charge on any atom is 0.255 e. The summed E-state index contributed by atoms with van der Waals surface area (Å²) in [5, 5.41) is 3.44. The van der Waals surface area contributed by atoms with Crippen molar-refractivity contribution in [2.45, 2.75) is 19.4 Å². The molecule has 1 amide bonds. The average molecular weight is 345 g/mol. The molecule has 0 saturated carbocycles. The van der Waals surface area contributed by atoms with Crippen LogP contribution in [0.2, 0.25) is 5.02 Å². The van der Waals surface area contributed by atoms with E-state index in [1.807, 2.05) is 24.3 Å². The summed E-state index contributed by atoms with van der Waals surface area (Å²) in [6, 6.07) is 14.8. The molecule has 0 radical (unpaired) electrons. The van der Waals surface area contributed by atoms with Crippen molar-refractivity contribution in [3.05, 3.63) is 59.1 Å². The lowest BCUT2D eigenvalue weighted by Crippen LogP contribution is -2.53. The van der Waals surface area contributed by atoms with Crippen LogP contribution in [0, 0.1) is 0 Å². The number of ether oxygens (including phenoxy) is 1. The Bertz CT molecular complexity index is 728. The molecule has 1 heterocycles. The fraction of sp³-hybridized carbons (Fsp3) is 0.316. The van der Waals surface area contributed by atoms with Crippen LogP contribution < -0.4 is 10.2 Å². The van der Waals surface area contributed by atoms with Crippen LogP contribution in [0.5, 0.6) is 0 Å². The van der Waals surface area contributed by atoms with E-state index in [4.69, 9.17) is 16.3 Å². The SMILES string of the molecule is CC1(C)COCCN1c1ccc(NC(=O)c2cccc(Cl)c2)cc1. The van der Waals surface area contributed by atoms with Crippen molar-refractivity contribution in [2.24, 2.45) is 0 Å². The largest absolute Gasteiger partial charge is 0.377 e. The first kappa shape index (κ1) is 16.8. The van der Waals surface area contributed by atoms with E-state index in [2.05, 4.69) is 24.1 Å². The van der Waals surface area contributed by atoms with E-state index in [1.165, 1.54) is 0 Å². The van der Waals surface area contributed by atoms with Crippen molar-refractivity contribution in [3.63, 3.8) is 0 Å². The third-order valence-corrected chi connectivity index (χ3v) is 4.40. The molecule has 0 aromatic heterocycles. The lowest BCUT2D eigenvalue weighted by molar-refractivity contribution is 0.0644. The molecule has 2 aromatic carbocycles. The topological polar surface area (TPSA) is 41.6 Å². The molecule has 0 atom stereocenters. The molecule has 0 spiro atoms. The number of morpholine rings is 1. The van der Waals surface area contributed by atoms with Crippen LogP contribution >= 0.6 is 11.6 Å². The maximum absolute atomic E-state index is 12.3. The summed E-state index contributed by atoms with van der Waals surface area (Å²) in [6.07, 6.45) is 0. The van der Waals surface area contributed by atoms with Crippen molar-refractivity contribution in [1.29, 1.82) is 0 Å². The van der Waals surface area contributed by atoms with Gasteiger partial charge in [-0.1, -0.05) is 17.7 Å². The van der Waals surface area contributed by atoms with Gasteiger partial charge in [-0.2, -0.15) is 0 Å². The van der Waals surface area contributed by atoms with E-state index >= 15 is 0 Å². The lowest BCUT2D eigenvalue weighted by atomic mass is 10.0. The first-order valence-corrected chi connectivity index (χ1v) is 8.36. The average Bonchev–Trinajstić information content (AvgIpc) is 2.55. The number of amides is 1. The van der Waals surface area contributed by atoms with Crippen LogP contribution in [0.3, 0.4) is 0 Å². The molecule has 4 nitrogen and oxygen atoms in total. The Balaban J connectivity index is 1.72. The number of nitrogens with zero attached hydrogens (tertiary/aromatic N) is 1. The molecule has 1 saturated heterocycles. The molecule has 126 valence electrons. The Hall–Kier alpha value is -2.04. The number of nitrogens with one attached hydrogen (secondary N) is 1. The molecule has 0 unspecified atom stereocenters. The molecule has 5 heteroatoms. The van der Waals surface area contributed by atoms with Crippen LogP contribution in [0.4, 0.5) is 11.4 Å². The van der Waals surface area contributed by atoms with Gasteiger partial charge >= 0.3 is 0 Å². The Morgan fingerprint density at radius 2 is 1.96 bits per heavy atom. The van der Waals surface area contributed by atoms with Gasteiger partial charge in [0.25, 0.3) is 5.91 Å². The van der Waals surface area contributed by atoms with E-state index < -0.39 is 0 Å². The van der Waals surface area contributed by atoms with Gasteiger partial charge in [-0.25, -0.2) is 0 Å². The van der Waals surface area contributed by atoms with Gasteiger partial charge in [-0.05, 0) is 56.3 Å². The number of anilines is 2. The minimum Gasteiger partial charge on any atom is -0.377 e. The van der Waals surface area contributed by atoms with Crippen molar-refractivity contribution in [1.82, 2.24) is 0 Å². The molecule has 1 aliphatic heterocycles. The second-order valence-corrected chi connectivity index (χ2v) is 6.96. The number of carbonyl (C=O) groups is 1. The molecule has 0 aliphatic carbocycles. The third kappa shape index (κ3) is 3.71. The molecule has 2 aromatic rings. The number of hydrogen-bond acceptors (Lipinski definition) is 3. The first-order valence-electron chi connectivity index (χ1n) is 7.98. The molecule has 0 bridgehead atoms. The minimum atomic E-state index is -0.169. The van der Waals surface area contributed by atoms with Crippen molar-refractivity contribution >= 4 is 28.9 Å². The van der Waals surface area contributed by atoms with Gasteiger partial charge in [-0.3, -0.25) is 4.79 Å². The summed E-state index contributed by atoms with van der Waals surface area (Å²) >= 11 is 5.93. The van der Waals surface area contributed by atoms with Gasteiger partial charge < -0.3 is 15.0 Å². The van der Waals surface area contributed by atoms with Gasteiger partial charge in [0.05, 0.1) is 18.8 Å². The third-order valence-electron chi connectivity index (χ3n) is 4.17. The highest BCUT2D eigenvalue weighted by atomic mass is 35.5. The molecule has 1 N–H and O–H groups in total. The number of halogens is 1. The van der Waals surface area contributed by atoms with E-state index in [0.29, 0.717) is 17.2 Å². The van der Waals surface area contributed by atoms with Crippen molar-refractivity contribution in [2.75, 3.05) is 30.0 Å². The summed E-state index contributed by atoms with van der Waals surface area (Å²) in [5.74, 6) is -0.169. The zero-order chi connectivity index (χ0) is 17.2. The van der Waals surface area contributed by atoms with Gasteiger partial charge in [-0.15, -0.1) is 0 Å². The lowest BCUT2D eigenvalue weighted by Gasteiger charge is -2.43. The molecule has 24 heavy (non-hydrogen) atoms. The predicted molar refractivity (Wildman–Crippen MR) is 98.1 cm³/mol. The normalized spacial score (nSPS) is 16.7. The van der Waals surface area contributed by atoms with Crippen molar-refractivity contribution < 1.29 is 9.53 Å². The van der Waals surface area contributed by atoms with Gasteiger partial charge in [0, 0.05) is 28.5 Å². The Morgan fingerprint density at radius 3 is 2.62 bits per heavy atom. The van der Waals surface area contributed by atoms with Crippen LogP contribution in [-0.2, 0) is 4.74 Å². The zero-order valence-corrected chi connectivity index (χ0v) is 14.6. The second kappa shape index (κ2) is 6.83. The number of benzene rings is 2. The van der Waals surface area contributed by atoms with Gasteiger partial charge in [0.15, 0.2) is 0 Å². The monoisotopic (exact) mass is 344 g/mol. The summed E-state index contributed by atoms with van der Waals surface area (Å²) in [4.78, 5) is 14.6. The number of rotatable bonds is 3. The molecule has 3 rings (SSSR count). The van der Waals surface area contributed by atoms with Crippen LogP contribution in [0.25, 0.3) is 0 Å². The predicted octanol–water partition coefficient (Wildman–Crippen LogP) is 4.21. The molecular weight excluding hydrogens is 324 g/mol. The smallest absolute Gasteiger partial charge is 0.255 e. The molecule has 1 aliphatic rings. The Labute approximate surface area is 147 Å². The van der Waals surface area contributed by atoms with Gasteiger partial charge in [0.2, 0.25) is 0 Å². The number of carbonyl (C=O) groups excluding carboxylic acids is 1. The standard InChI is InChI=1S/C19H21ClN2O2/c1-19(2)13-24-11-10-22(19)17-8-6-16(7-9-17)21-18(23)14-4-3-5-15(20)12-14/h3-9,12H,10-11,13H2,1-2H3,(H,21,23). The Kier molecular flexibility index (Phi) is 4.78. The van der Waals surface area contributed by atoms with E-state index in [0.717, 1.165) is 24.5 Å². The molecule has 1 fully saturated rings. The fourth-order valence-electron chi connectivity index (χ4n) is 2.89. The minimum absolute atomic E-state index is 0.0379. The van der Waals surface area contributed by atoms with Crippen LogP contribution in [0.1, 0.15) is 24.2 Å². The van der Waals surface area contributed by atoms with Gasteiger partial charge in [0.1, 0.15) is 0 Å². The van der Waals surface area contributed by atoms with E-state index in [1.54, 1.807) is 24.3 Å².